The largest absolute Gasteiger partial charge is 0.457 e. The molecule has 0 saturated carbocycles. The molecule has 0 unspecified atom stereocenters. The summed E-state index contributed by atoms with van der Waals surface area (Å²) < 4.78 is 5.76. The molecular formula is C18H12ClNO3. The van der Waals surface area contributed by atoms with Crippen LogP contribution >= 0.6 is 11.6 Å². The number of rotatable bonds is 4. The van der Waals surface area contributed by atoms with Crippen LogP contribution in [0.1, 0.15) is 11.3 Å². The standard InChI is InChI=1S/C18H12ClNO3/c19-15-6-4-14(5-7-15)18-12-11-17(23-18)10-3-13-1-8-16(9-2-13)20(21)22/h1-12H/b10-3-. The van der Waals surface area contributed by atoms with Crippen molar-refractivity contribution in [2.75, 3.05) is 0 Å². The third-order valence-electron chi connectivity index (χ3n) is 3.30. The van der Waals surface area contributed by atoms with Crippen LogP contribution in [0.15, 0.2) is 65.1 Å². The van der Waals surface area contributed by atoms with Gasteiger partial charge in [0.25, 0.3) is 5.69 Å². The van der Waals surface area contributed by atoms with Crippen LogP contribution in [0.4, 0.5) is 5.69 Å². The van der Waals surface area contributed by atoms with Crippen molar-refractivity contribution in [2.24, 2.45) is 0 Å². The number of halogens is 1. The highest BCUT2D eigenvalue weighted by atomic mass is 35.5. The van der Waals surface area contributed by atoms with E-state index in [9.17, 15) is 10.1 Å². The summed E-state index contributed by atoms with van der Waals surface area (Å²) in [5.74, 6) is 1.46. The second kappa shape index (κ2) is 6.50. The van der Waals surface area contributed by atoms with Crippen LogP contribution in [0.3, 0.4) is 0 Å². The van der Waals surface area contributed by atoms with E-state index in [1.165, 1.54) is 12.1 Å². The molecule has 0 aliphatic rings. The molecule has 1 heterocycles. The lowest BCUT2D eigenvalue weighted by molar-refractivity contribution is -0.384. The van der Waals surface area contributed by atoms with Crippen molar-refractivity contribution in [1.29, 1.82) is 0 Å². The number of non-ortho nitro benzene ring substituents is 1. The smallest absolute Gasteiger partial charge is 0.269 e. The second-order valence-electron chi connectivity index (χ2n) is 4.89. The van der Waals surface area contributed by atoms with Crippen LogP contribution in [0.2, 0.25) is 5.02 Å². The van der Waals surface area contributed by atoms with E-state index in [-0.39, 0.29) is 5.69 Å². The molecular weight excluding hydrogens is 314 g/mol. The zero-order valence-corrected chi connectivity index (χ0v) is 12.7. The van der Waals surface area contributed by atoms with E-state index in [0.29, 0.717) is 10.8 Å². The van der Waals surface area contributed by atoms with E-state index in [1.807, 2.05) is 48.6 Å². The lowest BCUT2D eigenvalue weighted by Gasteiger charge is -1.96. The summed E-state index contributed by atoms with van der Waals surface area (Å²) in [6.45, 7) is 0. The maximum Gasteiger partial charge on any atom is 0.269 e. The van der Waals surface area contributed by atoms with Crippen molar-refractivity contribution in [3.63, 3.8) is 0 Å². The highest BCUT2D eigenvalue weighted by molar-refractivity contribution is 6.30. The highest BCUT2D eigenvalue weighted by Gasteiger charge is 2.04. The van der Waals surface area contributed by atoms with Gasteiger partial charge in [0.1, 0.15) is 11.5 Å². The molecule has 5 heteroatoms. The van der Waals surface area contributed by atoms with Crippen molar-refractivity contribution in [2.45, 2.75) is 0 Å². The Hall–Kier alpha value is -2.85. The quantitative estimate of drug-likeness (QED) is 0.458. The molecule has 2 aromatic carbocycles. The molecule has 114 valence electrons. The number of nitro benzene ring substituents is 1. The number of nitro groups is 1. The van der Waals surface area contributed by atoms with Crippen LogP contribution in [-0.4, -0.2) is 4.92 Å². The van der Waals surface area contributed by atoms with E-state index < -0.39 is 4.92 Å². The lowest BCUT2D eigenvalue weighted by atomic mass is 10.2. The first-order valence-corrected chi connectivity index (χ1v) is 7.28. The fraction of sp³-hybridized carbons (Fsp3) is 0. The first-order valence-electron chi connectivity index (χ1n) is 6.90. The molecule has 3 rings (SSSR count). The topological polar surface area (TPSA) is 56.3 Å². The van der Waals surface area contributed by atoms with Gasteiger partial charge in [0.05, 0.1) is 4.92 Å². The highest BCUT2D eigenvalue weighted by Crippen LogP contribution is 2.24. The summed E-state index contributed by atoms with van der Waals surface area (Å²) >= 11 is 5.87. The minimum absolute atomic E-state index is 0.0742. The van der Waals surface area contributed by atoms with Gasteiger partial charge < -0.3 is 4.42 Å². The average Bonchev–Trinajstić information content (AvgIpc) is 3.03. The van der Waals surface area contributed by atoms with Gasteiger partial charge in [0.2, 0.25) is 0 Å². The molecule has 23 heavy (non-hydrogen) atoms. The zero-order chi connectivity index (χ0) is 16.2. The van der Waals surface area contributed by atoms with Gasteiger partial charge in [-0.1, -0.05) is 17.7 Å². The Kier molecular flexibility index (Phi) is 4.26. The third-order valence-corrected chi connectivity index (χ3v) is 3.55. The fourth-order valence-corrected chi connectivity index (χ4v) is 2.22. The van der Waals surface area contributed by atoms with Crippen LogP contribution < -0.4 is 0 Å². The van der Waals surface area contributed by atoms with Crippen molar-refractivity contribution >= 4 is 29.4 Å². The van der Waals surface area contributed by atoms with Gasteiger partial charge in [-0.05, 0) is 60.2 Å². The van der Waals surface area contributed by atoms with Gasteiger partial charge in [-0.15, -0.1) is 0 Å². The molecule has 0 atom stereocenters. The minimum atomic E-state index is -0.418. The second-order valence-corrected chi connectivity index (χ2v) is 5.33. The number of benzene rings is 2. The summed E-state index contributed by atoms with van der Waals surface area (Å²) in [6.07, 6.45) is 3.66. The average molecular weight is 326 g/mol. The van der Waals surface area contributed by atoms with Crippen LogP contribution in [0.5, 0.6) is 0 Å². The predicted octanol–water partition coefficient (Wildman–Crippen LogP) is 5.68. The summed E-state index contributed by atoms with van der Waals surface area (Å²) in [5.41, 5.74) is 1.88. The Morgan fingerprint density at radius 2 is 1.61 bits per heavy atom. The predicted molar refractivity (Wildman–Crippen MR) is 91.2 cm³/mol. The SMILES string of the molecule is O=[N+]([O-])c1ccc(/C=C\c2ccc(-c3ccc(Cl)cc3)o2)cc1. The molecule has 4 nitrogen and oxygen atoms in total. The minimum Gasteiger partial charge on any atom is -0.457 e. The fourth-order valence-electron chi connectivity index (χ4n) is 2.10. The van der Waals surface area contributed by atoms with E-state index in [4.69, 9.17) is 16.0 Å². The van der Waals surface area contributed by atoms with Gasteiger partial charge in [-0.25, -0.2) is 0 Å². The molecule has 1 aromatic heterocycles. The van der Waals surface area contributed by atoms with Gasteiger partial charge in [-0.3, -0.25) is 10.1 Å². The molecule has 0 bridgehead atoms. The number of nitrogens with zero attached hydrogens (tertiary/aromatic N) is 1. The number of hydrogen-bond acceptors (Lipinski definition) is 3. The zero-order valence-electron chi connectivity index (χ0n) is 12.0. The van der Waals surface area contributed by atoms with Crippen molar-refractivity contribution in [3.8, 4) is 11.3 Å². The van der Waals surface area contributed by atoms with E-state index in [2.05, 4.69) is 0 Å². The normalized spacial score (nSPS) is 11.0. The van der Waals surface area contributed by atoms with E-state index in [0.717, 1.165) is 16.9 Å². The molecule has 0 radical (unpaired) electrons. The van der Waals surface area contributed by atoms with E-state index in [1.54, 1.807) is 12.1 Å². The lowest BCUT2D eigenvalue weighted by Crippen LogP contribution is -1.86. The molecule has 0 aliphatic carbocycles. The van der Waals surface area contributed by atoms with Gasteiger partial charge in [0, 0.05) is 22.7 Å². The summed E-state index contributed by atoms with van der Waals surface area (Å²) in [4.78, 5) is 10.2. The monoisotopic (exact) mass is 325 g/mol. The molecule has 0 spiro atoms. The van der Waals surface area contributed by atoms with Crippen molar-refractivity contribution in [3.05, 3.63) is 87.1 Å². The van der Waals surface area contributed by atoms with Gasteiger partial charge >= 0.3 is 0 Å². The summed E-state index contributed by atoms with van der Waals surface area (Å²) in [7, 11) is 0. The Balaban J connectivity index is 1.75. The Morgan fingerprint density at radius 1 is 0.913 bits per heavy atom. The van der Waals surface area contributed by atoms with Gasteiger partial charge in [0.15, 0.2) is 0 Å². The van der Waals surface area contributed by atoms with Crippen molar-refractivity contribution < 1.29 is 9.34 Å². The molecule has 0 amide bonds. The summed E-state index contributed by atoms with van der Waals surface area (Å²) in [6, 6.07) is 17.5. The molecule has 0 aliphatic heterocycles. The maximum atomic E-state index is 10.6. The Bertz CT molecular complexity index is 849. The van der Waals surface area contributed by atoms with E-state index >= 15 is 0 Å². The maximum absolute atomic E-state index is 10.6. The third kappa shape index (κ3) is 3.67. The summed E-state index contributed by atoms with van der Waals surface area (Å²) in [5, 5.41) is 11.3. The molecule has 0 fully saturated rings. The Labute approximate surface area is 137 Å². The molecule has 3 aromatic rings. The van der Waals surface area contributed by atoms with Crippen molar-refractivity contribution in [1.82, 2.24) is 0 Å². The van der Waals surface area contributed by atoms with Gasteiger partial charge in [-0.2, -0.15) is 0 Å². The van der Waals surface area contributed by atoms with Crippen LogP contribution in [-0.2, 0) is 0 Å². The number of furan rings is 1. The van der Waals surface area contributed by atoms with Crippen LogP contribution in [0, 0.1) is 10.1 Å². The Morgan fingerprint density at radius 3 is 2.26 bits per heavy atom. The first-order chi connectivity index (χ1) is 11.1. The number of hydrogen-bond donors (Lipinski definition) is 0. The first kappa shape index (κ1) is 15.1. The molecule has 0 N–H and O–H groups in total. The molecule has 0 saturated heterocycles. The van der Waals surface area contributed by atoms with Crippen LogP contribution in [0.25, 0.3) is 23.5 Å².